The molecule has 2 nitrogen and oxygen atoms in total. The van der Waals surface area contributed by atoms with Crippen LogP contribution in [0.5, 0.6) is 0 Å². The van der Waals surface area contributed by atoms with Crippen molar-refractivity contribution in [3.05, 3.63) is 36.0 Å². The molecule has 0 saturated heterocycles. The zero-order valence-corrected chi connectivity index (χ0v) is 12.3. The summed E-state index contributed by atoms with van der Waals surface area (Å²) in [7, 11) is 1.38. The molecule has 0 spiro atoms. The largest absolute Gasteiger partial charge is 0.466 e. The molecule has 2 heteroatoms. The van der Waals surface area contributed by atoms with Gasteiger partial charge in [0.1, 0.15) is 0 Å². The highest BCUT2D eigenvalue weighted by Crippen LogP contribution is 2.27. The van der Waals surface area contributed by atoms with Gasteiger partial charge in [0.15, 0.2) is 0 Å². The molecule has 0 aromatic rings. The third kappa shape index (κ3) is 7.88. The Hall–Kier alpha value is -1.31. The number of allylic oxidation sites excluding steroid dienone is 5. The lowest BCUT2D eigenvalue weighted by atomic mass is 9.85. The molecule has 0 radical (unpaired) electrons. The summed E-state index contributed by atoms with van der Waals surface area (Å²) in [5.41, 5.74) is 1.43. The van der Waals surface area contributed by atoms with Crippen molar-refractivity contribution in [2.24, 2.45) is 5.41 Å². The van der Waals surface area contributed by atoms with Crippen LogP contribution in [0.25, 0.3) is 0 Å². The minimum Gasteiger partial charge on any atom is -0.466 e. The molecule has 0 saturated carbocycles. The average molecular weight is 250 g/mol. The molecule has 0 aliphatic heterocycles. The first kappa shape index (κ1) is 16.7. The van der Waals surface area contributed by atoms with Crippen LogP contribution in [0.2, 0.25) is 0 Å². The first-order chi connectivity index (χ1) is 8.41. The third-order valence-corrected chi connectivity index (χ3v) is 2.61. The molecule has 0 rings (SSSR count). The van der Waals surface area contributed by atoms with Crippen molar-refractivity contribution in [3.63, 3.8) is 0 Å². The van der Waals surface area contributed by atoms with Crippen molar-refractivity contribution >= 4 is 5.97 Å². The molecule has 0 aliphatic rings. The molecule has 18 heavy (non-hydrogen) atoms. The van der Waals surface area contributed by atoms with E-state index in [-0.39, 0.29) is 11.4 Å². The summed E-state index contributed by atoms with van der Waals surface area (Å²) in [4.78, 5) is 10.9. The van der Waals surface area contributed by atoms with Crippen LogP contribution in [0.15, 0.2) is 36.0 Å². The smallest absolute Gasteiger partial charge is 0.330 e. The summed E-state index contributed by atoms with van der Waals surface area (Å²) in [6.45, 7) is 8.77. The summed E-state index contributed by atoms with van der Waals surface area (Å²) < 4.78 is 4.53. The number of ether oxygens (including phenoxy) is 1. The van der Waals surface area contributed by atoms with E-state index >= 15 is 0 Å². The van der Waals surface area contributed by atoms with Gasteiger partial charge in [0.05, 0.1) is 7.11 Å². The van der Waals surface area contributed by atoms with Gasteiger partial charge in [-0.3, -0.25) is 0 Å². The van der Waals surface area contributed by atoms with Gasteiger partial charge < -0.3 is 4.74 Å². The SMILES string of the molecule is CCCC/C=C(/C=C/C=C/C(=O)OC)C(C)(C)C. The summed E-state index contributed by atoms with van der Waals surface area (Å²) in [6, 6.07) is 0. The van der Waals surface area contributed by atoms with Crippen LogP contribution < -0.4 is 0 Å². The van der Waals surface area contributed by atoms with E-state index in [0.717, 1.165) is 6.42 Å². The third-order valence-electron chi connectivity index (χ3n) is 2.61. The number of carbonyl (C=O) groups excluding carboxylic acids is 1. The molecule has 0 atom stereocenters. The topological polar surface area (TPSA) is 26.3 Å². The number of unbranched alkanes of at least 4 members (excludes halogenated alkanes) is 2. The summed E-state index contributed by atoms with van der Waals surface area (Å²) in [6.07, 6.45) is 12.9. The first-order valence-corrected chi connectivity index (χ1v) is 6.55. The minimum atomic E-state index is -0.327. The summed E-state index contributed by atoms with van der Waals surface area (Å²) in [5, 5.41) is 0. The van der Waals surface area contributed by atoms with E-state index < -0.39 is 0 Å². The van der Waals surface area contributed by atoms with Crippen molar-refractivity contribution in [1.82, 2.24) is 0 Å². The number of carbonyl (C=O) groups is 1. The molecule has 0 aromatic heterocycles. The highest BCUT2D eigenvalue weighted by molar-refractivity contribution is 5.82. The number of hydrogen-bond acceptors (Lipinski definition) is 2. The second-order valence-electron chi connectivity index (χ2n) is 5.29. The second-order valence-corrected chi connectivity index (χ2v) is 5.29. The van der Waals surface area contributed by atoms with Gasteiger partial charge in [-0.05, 0) is 17.4 Å². The first-order valence-electron chi connectivity index (χ1n) is 6.55. The van der Waals surface area contributed by atoms with Gasteiger partial charge in [0.25, 0.3) is 0 Å². The molecule has 0 fully saturated rings. The van der Waals surface area contributed by atoms with E-state index in [1.54, 1.807) is 6.08 Å². The molecule has 102 valence electrons. The van der Waals surface area contributed by atoms with Crippen LogP contribution in [0.4, 0.5) is 0 Å². The van der Waals surface area contributed by atoms with Crippen LogP contribution >= 0.6 is 0 Å². The Morgan fingerprint density at radius 3 is 2.28 bits per heavy atom. The Kier molecular flexibility index (Phi) is 8.10. The Balaban J connectivity index is 4.60. The van der Waals surface area contributed by atoms with E-state index in [4.69, 9.17) is 0 Å². The lowest BCUT2D eigenvalue weighted by Gasteiger charge is -2.20. The van der Waals surface area contributed by atoms with Gasteiger partial charge >= 0.3 is 5.97 Å². The highest BCUT2D eigenvalue weighted by Gasteiger charge is 2.13. The quantitative estimate of drug-likeness (QED) is 0.301. The predicted octanol–water partition coefficient (Wildman–Crippen LogP) is 4.43. The van der Waals surface area contributed by atoms with Crippen LogP contribution in [0.1, 0.15) is 47.0 Å². The van der Waals surface area contributed by atoms with E-state index in [0.29, 0.717) is 0 Å². The summed E-state index contributed by atoms with van der Waals surface area (Å²) >= 11 is 0. The molecule has 0 aromatic carbocycles. The second kappa shape index (κ2) is 8.73. The number of hydrogen-bond donors (Lipinski definition) is 0. The minimum absolute atomic E-state index is 0.128. The molecule has 0 amide bonds. The number of esters is 1. The van der Waals surface area contributed by atoms with E-state index in [9.17, 15) is 4.79 Å². The lowest BCUT2D eigenvalue weighted by molar-refractivity contribution is -0.134. The fourth-order valence-corrected chi connectivity index (χ4v) is 1.45. The molecule has 0 N–H and O–H groups in total. The monoisotopic (exact) mass is 250 g/mol. The average Bonchev–Trinajstić information content (AvgIpc) is 2.30. The van der Waals surface area contributed by atoms with Gasteiger partial charge in [-0.2, -0.15) is 0 Å². The van der Waals surface area contributed by atoms with Crippen LogP contribution in [0, 0.1) is 5.41 Å². The Labute approximate surface area is 111 Å². The van der Waals surface area contributed by atoms with E-state index in [1.165, 1.54) is 31.6 Å². The lowest BCUT2D eigenvalue weighted by Crippen LogP contribution is -2.07. The normalized spacial score (nSPS) is 13.5. The maximum absolute atomic E-state index is 10.9. The highest BCUT2D eigenvalue weighted by atomic mass is 16.5. The van der Waals surface area contributed by atoms with Gasteiger partial charge in [-0.25, -0.2) is 4.79 Å². The van der Waals surface area contributed by atoms with Gasteiger partial charge in [0.2, 0.25) is 0 Å². The molecule has 0 unspecified atom stereocenters. The van der Waals surface area contributed by atoms with Crippen molar-refractivity contribution < 1.29 is 9.53 Å². The van der Waals surface area contributed by atoms with Crippen LogP contribution in [-0.4, -0.2) is 13.1 Å². The van der Waals surface area contributed by atoms with Gasteiger partial charge in [-0.15, -0.1) is 0 Å². The van der Waals surface area contributed by atoms with Gasteiger partial charge in [0, 0.05) is 6.08 Å². The number of methoxy groups -OCH3 is 1. The van der Waals surface area contributed by atoms with Crippen molar-refractivity contribution in [1.29, 1.82) is 0 Å². The number of rotatable bonds is 6. The van der Waals surface area contributed by atoms with Crippen molar-refractivity contribution in [2.45, 2.75) is 47.0 Å². The zero-order chi connectivity index (χ0) is 14.0. The van der Waals surface area contributed by atoms with E-state index in [2.05, 4.69) is 44.6 Å². The van der Waals surface area contributed by atoms with Crippen molar-refractivity contribution in [2.75, 3.05) is 7.11 Å². The Morgan fingerprint density at radius 2 is 1.78 bits per heavy atom. The van der Waals surface area contributed by atoms with Crippen LogP contribution in [0.3, 0.4) is 0 Å². The molecular formula is C16H26O2. The molecule has 0 aliphatic carbocycles. The maximum atomic E-state index is 10.9. The van der Waals surface area contributed by atoms with Crippen molar-refractivity contribution in [3.8, 4) is 0 Å². The fraction of sp³-hybridized carbons (Fsp3) is 0.562. The van der Waals surface area contributed by atoms with Crippen LogP contribution in [-0.2, 0) is 9.53 Å². The molecule has 0 bridgehead atoms. The Bertz CT molecular complexity index is 327. The standard InChI is InChI=1S/C16H26O2/c1-6-7-8-11-14(16(2,3)4)12-9-10-13-15(17)18-5/h9-13H,6-8H2,1-5H3/b12-9+,13-10+,14-11-. The van der Waals surface area contributed by atoms with Gasteiger partial charge in [-0.1, -0.05) is 64.8 Å². The summed E-state index contributed by atoms with van der Waals surface area (Å²) in [5.74, 6) is -0.327. The van der Waals surface area contributed by atoms with E-state index in [1.807, 2.05) is 6.08 Å². The Morgan fingerprint density at radius 1 is 1.17 bits per heavy atom. The predicted molar refractivity (Wildman–Crippen MR) is 77.4 cm³/mol. The fourth-order valence-electron chi connectivity index (χ4n) is 1.45. The molecular weight excluding hydrogens is 224 g/mol. The zero-order valence-electron chi connectivity index (χ0n) is 12.3. The maximum Gasteiger partial charge on any atom is 0.330 e. The molecule has 0 heterocycles.